The molecule has 0 aliphatic heterocycles. The van der Waals surface area contributed by atoms with Crippen LogP contribution in [-0.2, 0) is 9.59 Å². The third-order valence-corrected chi connectivity index (χ3v) is 3.47. The van der Waals surface area contributed by atoms with E-state index < -0.39 is 17.9 Å². The summed E-state index contributed by atoms with van der Waals surface area (Å²) >= 11 is 0. The molecule has 106 valence electrons. The van der Waals surface area contributed by atoms with Crippen molar-refractivity contribution in [2.45, 2.75) is 31.7 Å². The molecule has 2 rings (SSSR count). The molecule has 0 bridgehead atoms. The van der Waals surface area contributed by atoms with Gasteiger partial charge in [0.1, 0.15) is 11.8 Å². The monoisotopic (exact) mass is 276 g/mol. The van der Waals surface area contributed by atoms with Gasteiger partial charge in [-0.05, 0) is 30.9 Å². The number of Topliss-reactive ketones (excluding diaryl/α,β-unsaturated/α-hetero) is 1. The molecule has 6 heteroatoms. The van der Waals surface area contributed by atoms with Gasteiger partial charge >= 0.3 is 5.97 Å². The standard InChI is InChI=1S/C14H16N2O4/c17-11-5-1-3-9(7-11)12(14(19)20)16-13(18)10-4-2-6-15-8-10/h2,4,6,8-9,12H,1,3,5,7H2,(H,16,18)(H,19,20)/t9-,12+/m0/s1. The van der Waals surface area contributed by atoms with E-state index in [0.29, 0.717) is 24.8 Å². The first-order valence-electron chi connectivity index (χ1n) is 6.53. The van der Waals surface area contributed by atoms with Gasteiger partial charge in [0.2, 0.25) is 0 Å². The van der Waals surface area contributed by atoms with E-state index in [4.69, 9.17) is 0 Å². The van der Waals surface area contributed by atoms with Crippen molar-refractivity contribution in [1.82, 2.24) is 10.3 Å². The van der Waals surface area contributed by atoms with E-state index in [9.17, 15) is 19.5 Å². The van der Waals surface area contributed by atoms with Crippen LogP contribution in [0.25, 0.3) is 0 Å². The Bertz CT molecular complexity index is 515. The van der Waals surface area contributed by atoms with Crippen LogP contribution in [0.3, 0.4) is 0 Å². The molecule has 20 heavy (non-hydrogen) atoms. The fraction of sp³-hybridized carbons (Fsp3) is 0.429. The fourth-order valence-electron chi connectivity index (χ4n) is 2.45. The number of hydrogen-bond donors (Lipinski definition) is 2. The SMILES string of the molecule is O=C1CCC[C@H]([C@@H](NC(=O)c2cccnc2)C(=O)O)C1. The predicted octanol–water partition coefficient (Wildman–Crippen LogP) is 1.02. The number of amides is 1. The highest BCUT2D eigenvalue weighted by atomic mass is 16.4. The van der Waals surface area contributed by atoms with Crippen LogP contribution < -0.4 is 5.32 Å². The molecule has 1 aromatic heterocycles. The van der Waals surface area contributed by atoms with E-state index in [2.05, 4.69) is 10.3 Å². The Balaban J connectivity index is 2.08. The van der Waals surface area contributed by atoms with Gasteiger partial charge in [-0.15, -0.1) is 0 Å². The quantitative estimate of drug-likeness (QED) is 0.856. The highest BCUT2D eigenvalue weighted by molar-refractivity contribution is 5.96. The Morgan fingerprint density at radius 1 is 1.45 bits per heavy atom. The summed E-state index contributed by atoms with van der Waals surface area (Å²) in [5, 5.41) is 11.8. The van der Waals surface area contributed by atoms with Crippen molar-refractivity contribution in [1.29, 1.82) is 0 Å². The summed E-state index contributed by atoms with van der Waals surface area (Å²) in [4.78, 5) is 38.6. The van der Waals surface area contributed by atoms with Crippen molar-refractivity contribution in [3.8, 4) is 0 Å². The zero-order chi connectivity index (χ0) is 14.5. The highest BCUT2D eigenvalue weighted by Gasteiger charge is 2.33. The molecule has 2 atom stereocenters. The molecule has 1 saturated carbocycles. The highest BCUT2D eigenvalue weighted by Crippen LogP contribution is 2.24. The number of carboxylic acids is 1. The second-order valence-electron chi connectivity index (χ2n) is 4.93. The minimum atomic E-state index is -1.11. The van der Waals surface area contributed by atoms with Crippen LogP contribution >= 0.6 is 0 Å². The van der Waals surface area contributed by atoms with Gasteiger partial charge in [-0.1, -0.05) is 0 Å². The molecule has 0 unspecified atom stereocenters. The predicted molar refractivity (Wildman–Crippen MR) is 70.1 cm³/mol. The minimum absolute atomic E-state index is 0.0585. The lowest BCUT2D eigenvalue weighted by Gasteiger charge is -2.27. The van der Waals surface area contributed by atoms with Crippen molar-refractivity contribution in [2.75, 3.05) is 0 Å². The smallest absolute Gasteiger partial charge is 0.326 e. The summed E-state index contributed by atoms with van der Waals surface area (Å²) in [7, 11) is 0. The van der Waals surface area contributed by atoms with Gasteiger partial charge < -0.3 is 10.4 Å². The number of ketones is 1. The summed E-state index contributed by atoms with van der Waals surface area (Å²) in [6.45, 7) is 0. The first-order valence-corrected chi connectivity index (χ1v) is 6.53. The molecule has 0 radical (unpaired) electrons. The molecule has 0 spiro atoms. The van der Waals surface area contributed by atoms with Crippen molar-refractivity contribution < 1.29 is 19.5 Å². The van der Waals surface area contributed by atoms with E-state index in [0.717, 1.165) is 0 Å². The number of nitrogens with zero attached hydrogens (tertiary/aromatic N) is 1. The number of aromatic nitrogens is 1. The normalized spacial score (nSPS) is 20.2. The Labute approximate surface area is 116 Å². The lowest BCUT2D eigenvalue weighted by Crippen LogP contribution is -2.47. The van der Waals surface area contributed by atoms with E-state index in [1.807, 2.05) is 0 Å². The average molecular weight is 276 g/mol. The first-order chi connectivity index (χ1) is 9.58. The van der Waals surface area contributed by atoms with E-state index >= 15 is 0 Å². The molecule has 1 aromatic rings. The Morgan fingerprint density at radius 3 is 2.85 bits per heavy atom. The summed E-state index contributed by atoms with van der Waals surface area (Å²) < 4.78 is 0. The zero-order valence-electron chi connectivity index (χ0n) is 10.9. The molecule has 1 aliphatic carbocycles. The van der Waals surface area contributed by atoms with Gasteiger partial charge in [0.05, 0.1) is 5.56 Å². The number of nitrogens with one attached hydrogen (secondary N) is 1. The van der Waals surface area contributed by atoms with Gasteiger partial charge in [-0.3, -0.25) is 14.6 Å². The number of pyridine rings is 1. The second kappa shape index (κ2) is 6.27. The van der Waals surface area contributed by atoms with Gasteiger partial charge in [-0.25, -0.2) is 4.79 Å². The van der Waals surface area contributed by atoms with Gasteiger partial charge in [0, 0.05) is 25.2 Å². The van der Waals surface area contributed by atoms with Crippen LogP contribution in [0.1, 0.15) is 36.0 Å². The van der Waals surface area contributed by atoms with E-state index in [1.165, 1.54) is 12.4 Å². The maximum absolute atomic E-state index is 12.0. The lowest BCUT2D eigenvalue weighted by atomic mass is 9.83. The Morgan fingerprint density at radius 2 is 2.25 bits per heavy atom. The van der Waals surface area contributed by atoms with Crippen LogP contribution in [-0.4, -0.2) is 33.8 Å². The molecule has 2 N–H and O–H groups in total. The third-order valence-electron chi connectivity index (χ3n) is 3.47. The van der Waals surface area contributed by atoms with Gasteiger partial charge in [0.15, 0.2) is 0 Å². The number of aliphatic carboxylic acids is 1. The van der Waals surface area contributed by atoms with Gasteiger partial charge in [-0.2, -0.15) is 0 Å². The first kappa shape index (κ1) is 14.2. The van der Waals surface area contributed by atoms with Crippen molar-refractivity contribution in [3.05, 3.63) is 30.1 Å². The van der Waals surface area contributed by atoms with E-state index in [-0.39, 0.29) is 18.1 Å². The third kappa shape index (κ3) is 3.40. The second-order valence-corrected chi connectivity index (χ2v) is 4.93. The molecule has 1 fully saturated rings. The van der Waals surface area contributed by atoms with Crippen molar-refractivity contribution in [2.24, 2.45) is 5.92 Å². The maximum atomic E-state index is 12.0. The molecular formula is C14H16N2O4. The maximum Gasteiger partial charge on any atom is 0.326 e. The summed E-state index contributed by atoms with van der Waals surface area (Å²) in [5.41, 5.74) is 0.306. The number of carbonyl (C=O) groups is 3. The Kier molecular flexibility index (Phi) is 4.45. The molecule has 0 aromatic carbocycles. The molecule has 6 nitrogen and oxygen atoms in total. The van der Waals surface area contributed by atoms with Crippen molar-refractivity contribution >= 4 is 17.7 Å². The summed E-state index contributed by atoms with van der Waals surface area (Å²) in [6, 6.07) is 2.13. The van der Waals surface area contributed by atoms with Crippen LogP contribution in [0.15, 0.2) is 24.5 Å². The number of hydrogen-bond acceptors (Lipinski definition) is 4. The van der Waals surface area contributed by atoms with Crippen LogP contribution in [0.5, 0.6) is 0 Å². The van der Waals surface area contributed by atoms with Crippen LogP contribution in [0, 0.1) is 5.92 Å². The molecule has 1 amide bonds. The number of carboxylic acid groups (broad SMARTS) is 1. The Hall–Kier alpha value is -2.24. The van der Waals surface area contributed by atoms with E-state index in [1.54, 1.807) is 12.1 Å². The minimum Gasteiger partial charge on any atom is -0.480 e. The van der Waals surface area contributed by atoms with Crippen LogP contribution in [0.2, 0.25) is 0 Å². The number of rotatable bonds is 4. The molecule has 1 heterocycles. The average Bonchev–Trinajstić information content (AvgIpc) is 2.45. The fourth-order valence-corrected chi connectivity index (χ4v) is 2.45. The molecular weight excluding hydrogens is 260 g/mol. The zero-order valence-corrected chi connectivity index (χ0v) is 10.9. The van der Waals surface area contributed by atoms with Crippen LogP contribution in [0.4, 0.5) is 0 Å². The summed E-state index contributed by atoms with van der Waals surface area (Å²) in [6.07, 6.45) is 4.93. The number of carbonyl (C=O) groups excluding carboxylic acids is 2. The summed E-state index contributed by atoms with van der Waals surface area (Å²) in [5.74, 6) is -1.87. The molecule has 0 saturated heterocycles. The topological polar surface area (TPSA) is 96.4 Å². The van der Waals surface area contributed by atoms with Crippen molar-refractivity contribution in [3.63, 3.8) is 0 Å². The van der Waals surface area contributed by atoms with Gasteiger partial charge in [0.25, 0.3) is 5.91 Å². The molecule has 1 aliphatic rings. The lowest BCUT2D eigenvalue weighted by molar-refractivity contribution is -0.141. The largest absolute Gasteiger partial charge is 0.480 e.